The fraction of sp³-hybridized carbons (Fsp3) is 0.500. The highest BCUT2D eigenvalue weighted by Crippen LogP contribution is 2.00. The molecule has 0 heterocycles. The van der Waals surface area contributed by atoms with Crippen LogP contribution in [-0.2, 0) is 20.8 Å². The maximum Gasteiger partial charge on any atom is 0.332 e. The molecule has 100 valence electrons. The van der Waals surface area contributed by atoms with Gasteiger partial charge in [0.1, 0.15) is 13.2 Å². The lowest BCUT2D eigenvalue weighted by molar-refractivity contribution is -0.148. The Morgan fingerprint density at radius 3 is 2.67 bits per heavy atom. The van der Waals surface area contributed by atoms with E-state index in [1.54, 1.807) is 0 Å². The molecule has 4 heteroatoms. The van der Waals surface area contributed by atoms with E-state index in [0.717, 1.165) is 13.0 Å². The Morgan fingerprint density at radius 2 is 2.06 bits per heavy atom. The number of esters is 1. The lowest BCUT2D eigenvalue weighted by atomic mass is 10.2. The Hall–Kier alpha value is -1.39. The number of ether oxygens (including phenoxy) is 2. The minimum atomic E-state index is -0.322. The zero-order valence-corrected chi connectivity index (χ0v) is 11.0. The van der Waals surface area contributed by atoms with Crippen molar-refractivity contribution in [2.75, 3.05) is 20.3 Å². The van der Waals surface area contributed by atoms with Crippen LogP contribution in [0.15, 0.2) is 30.3 Å². The van der Waals surface area contributed by atoms with E-state index in [1.807, 2.05) is 18.2 Å². The van der Waals surface area contributed by atoms with Crippen molar-refractivity contribution < 1.29 is 14.3 Å². The number of nitrogens with one attached hydrogen (secondary N) is 1. The van der Waals surface area contributed by atoms with Gasteiger partial charge in [-0.3, -0.25) is 0 Å². The highest BCUT2D eigenvalue weighted by molar-refractivity contribution is 5.70. The minimum Gasteiger partial charge on any atom is -0.462 e. The maximum absolute atomic E-state index is 11.2. The van der Waals surface area contributed by atoms with E-state index in [0.29, 0.717) is 6.61 Å². The zero-order chi connectivity index (χ0) is 13.2. The first kappa shape index (κ1) is 14.7. The van der Waals surface area contributed by atoms with Crippen molar-refractivity contribution in [2.24, 2.45) is 0 Å². The average Bonchev–Trinajstić information content (AvgIpc) is 2.40. The fourth-order valence-electron chi connectivity index (χ4n) is 1.53. The summed E-state index contributed by atoms with van der Waals surface area (Å²) >= 11 is 0. The Morgan fingerprint density at radius 1 is 1.33 bits per heavy atom. The molecule has 1 aromatic carbocycles. The largest absolute Gasteiger partial charge is 0.462 e. The number of carbonyl (C=O) groups is 1. The normalized spacial score (nSPS) is 12.1. The fourth-order valence-corrected chi connectivity index (χ4v) is 1.53. The molecule has 0 aliphatic heterocycles. The van der Waals surface area contributed by atoms with Crippen LogP contribution in [-0.4, -0.2) is 32.3 Å². The molecule has 1 unspecified atom stereocenters. The highest BCUT2D eigenvalue weighted by Gasteiger charge is 2.09. The lowest BCUT2D eigenvalue weighted by Gasteiger charge is -2.17. The summed E-state index contributed by atoms with van der Waals surface area (Å²) in [4.78, 5) is 11.2. The van der Waals surface area contributed by atoms with Gasteiger partial charge in [0, 0.05) is 19.7 Å². The van der Waals surface area contributed by atoms with Crippen molar-refractivity contribution >= 4 is 5.97 Å². The van der Waals surface area contributed by atoms with Crippen LogP contribution in [0, 0.1) is 0 Å². The average molecular weight is 251 g/mol. The van der Waals surface area contributed by atoms with Crippen LogP contribution in [0.1, 0.15) is 18.9 Å². The van der Waals surface area contributed by atoms with Crippen LogP contribution in [0.3, 0.4) is 0 Å². The van der Waals surface area contributed by atoms with Crippen molar-refractivity contribution in [3.63, 3.8) is 0 Å². The van der Waals surface area contributed by atoms with E-state index in [4.69, 9.17) is 9.47 Å². The molecule has 0 fully saturated rings. The smallest absolute Gasteiger partial charge is 0.332 e. The zero-order valence-electron chi connectivity index (χ0n) is 11.0. The number of carbonyl (C=O) groups excluding carboxylic acids is 1. The van der Waals surface area contributed by atoms with Crippen LogP contribution in [0.5, 0.6) is 0 Å². The Labute approximate surface area is 108 Å². The number of benzene rings is 1. The van der Waals surface area contributed by atoms with Gasteiger partial charge in [0.05, 0.1) is 0 Å². The van der Waals surface area contributed by atoms with Crippen molar-refractivity contribution in [3.05, 3.63) is 35.9 Å². The summed E-state index contributed by atoms with van der Waals surface area (Å²) in [5.41, 5.74) is 1.22. The molecular formula is C14H21NO3. The molecule has 0 saturated heterocycles. The molecule has 0 amide bonds. The first-order chi connectivity index (χ1) is 8.76. The van der Waals surface area contributed by atoms with Crippen molar-refractivity contribution in [1.82, 2.24) is 5.32 Å². The lowest BCUT2D eigenvalue weighted by Crippen LogP contribution is -2.33. The summed E-state index contributed by atoms with van der Waals surface area (Å²) < 4.78 is 9.80. The second kappa shape index (κ2) is 8.66. The molecule has 0 saturated carbocycles. The highest BCUT2D eigenvalue weighted by atomic mass is 16.6. The van der Waals surface area contributed by atoms with Crippen LogP contribution >= 0.6 is 0 Å². The van der Waals surface area contributed by atoms with Crippen LogP contribution < -0.4 is 5.32 Å². The minimum absolute atomic E-state index is 0.00905. The number of hydrogen-bond acceptors (Lipinski definition) is 4. The third-order valence-electron chi connectivity index (χ3n) is 2.64. The maximum atomic E-state index is 11.2. The molecule has 0 radical (unpaired) electrons. The summed E-state index contributed by atoms with van der Waals surface area (Å²) in [5, 5.41) is 3.37. The van der Waals surface area contributed by atoms with E-state index in [1.165, 1.54) is 12.7 Å². The van der Waals surface area contributed by atoms with E-state index in [-0.39, 0.29) is 18.6 Å². The van der Waals surface area contributed by atoms with E-state index in [2.05, 4.69) is 24.4 Å². The van der Waals surface area contributed by atoms with Gasteiger partial charge in [-0.2, -0.15) is 0 Å². The summed E-state index contributed by atoms with van der Waals surface area (Å²) in [6.45, 7) is 3.23. The van der Waals surface area contributed by atoms with Gasteiger partial charge in [-0.15, -0.1) is 0 Å². The predicted octanol–water partition coefficient (Wildman–Crippen LogP) is 1.74. The quantitative estimate of drug-likeness (QED) is 0.715. The van der Waals surface area contributed by atoms with Gasteiger partial charge >= 0.3 is 5.97 Å². The second-order valence-corrected chi connectivity index (χ2v) is 4.09. The predicted molar refractivity (Wildman–Crippen MR) is 70.2 cm³/mol. The SMILES string of the molecule is CCC(COC(=O)COC)NCc1ccccc1. The standard InChI is InChI=1S/C14H21NO3/c1-3-13(10-18-14(16)11-17-2)15-9-12-7-5-4-6-8-12/h4-8,13,15H,3,9-11H2,1-2H3. The van der Waals surface area contributed by atoms with Crippen LogP contribution in [0.2, 0.25) is 0 Å². The van der Waals surface area contributed by atoms with Crippen molar-refractivity contribution in [2.45, 2.75) is 25.9 Å². The Bertz CT molecular complexity index is 340. The van der Waals surface area contributed by atoms with Crippen molar-refractivity contribution in [3.8, 4) is 0 Å². The molecule has 0 spiro atoms. The summed E-state index contributed by atoms with van der Waals surface area (Å²) in [6, 6.07) is 10.3. The van der Waals surface area contributed by atoms with E-state index < -0.39 is 0 Å². The molecule has 0 aromatic heterocycles. The molecule has 1 rings (SSSR count). The van der Waals surface area contributed by atoms with Gasteiger partial charge in [-0.25, -0.2) is 4.79 Å². The topological polar surface area (TPSA) is 47.6 Å². The third-order valence-corrected chi connectivity index (χ3v) is 2.64. The number of methoxy groups -OCH3 is 1. The molecule has 0 aliphatic carbocycles. The summed E-state index contributed by atoms with van der Waals surface area (Å²) in [5.74, 6) is -0.322. The monoisotopic (exact) mass is 251 g/mol. The van der Waals surface area contributed by atoms with Gasteiger partial charge in [-0.05, 0) is 12.0 Å². The van der Waals surface area contributed by atoms with E-state index in [9.17, 15) is 4.79 Å². The Kier molecular flexibility index (Phi) is 7.06. The number of rotatable bonds is 8. The van der Waals surface area contributed by atoms with Gasteiger partial charge in [0.15, 0.2) is 0 Å². The van der Waals surface area contributed by atoms with E-state index >= 15 is 0 Å². The molecule has 1 aromatic rings. The number of hydrogen-bond donors (Lipinski definition) is 1. The third kappa shape index (κ3) is 5.80. The van der Waals surface area contributed by atoms with Gasteiger partial charge < -0.3 is 14.8 Å². The van der Waals surface area contributed by atoms with Gasteiger partial charge in [0.2, 0.25) is 0 Å². The Balaban J connectivity index is 2.27. The summed E-state index contributed by atoms with van der Waals surface area (Å²) in [7, 11) is 1.48. The van der Waals surface area contributed by atoms with Crippen LogP contribution in [0.25, 0.3) is 0 Å². The molecule has 4 nitrogen and oxygen atoms in total. The van der Waals surface area contributed by atoms with Gasteiger partial charge in [0.25, 0.3) is 0 Å². The molecule has 0 aliphatic rings. The summed E-state index contributed by atoms with van der Waals surface area (Å²) in [6.07, 6.45) is 0.910. The molecular weight excluding hydrogens is 230 g/mol. The molecule has 18 heavy (non-hydrogen) atoms. The first-order valence-corrected chi connectivity index (χ1v) is 6.18. The van der Waals surface area contributed by atoms with Crippen LogP contribution in [0.4, 0.5) is 0 Å². The molecule has 0 bridgehead atoms. The second-order valence-electron chi connectivity index (χ2n) is 4.09. The molecule has 1 atom stereocenters. The van der Waals surface area contributed by atoms with Gasteiger partial charge in [-0.1, -0.05) is 37.3 Å². The first-order valence-electron chi connectivity index (χ1n) is 6.18. The van der Waals surface area contributed by atoms with Crippen molar-refractivity contribution in [1.29, 1.82) is 0 Å². The molecule has 1 N–H and O–H groups in total.